The lowest BCUT2D eigenvalue weighted by Crippen LogP contribution is -2.25. The number of carbonyl (C=O) groups is 1. The average Bonchev–Trinajstić information content (AvgIpc) is 2.15. The van der Waals surface area contributed by atoms with Crippen molar-refractivity contribution in [1.82, 2.24) is 4.90 Å². The fourth-order valence-corrected chi connectivity index (χ4v) is 1.95. The van der Waals surface area contributed by atoms with Gasteiger partial charge in [0.1, 0.15) is 5.38 Å². The van der Waals surface area contributed by atoms with Crippen LogP contribution in [0.1, 0.15) is 16.5 Å². The Bertz CT molecular complexity index is 377. The number of nitrogens with zero attached hydrogens (tertiary/aromatic N) is 1. The average molecular weight is 246 g/mol. The zero-order valence-corrected chi connectivity index (χ0v) is 10.4. The van der Waals surface area contributed by atoms with Crippen LogP contribution >= 0.6 is 23.2 Å². The Hall–Kier alpha value is -0.730. The van der Waals surface area contributed by atoms with Crippen molar-refractivity contribution >= 4 is 29.1 Å². The highest BCUT2D eigenvalue weighted by Gasteiger charge is 2.20. The van der Waals surface area contributed by atoms with Crippen LogP contribution in [0.4, 0.5) is 0 Å². The van der Waals surface area contributed by atoms with Crippen LogP contribution in [0.2, 0.25) is 5.02 Å². The molecule has 1 atom stereocenters. The Morgan fingerprint density at radius 2 is 2.00 bits per heavy atom. The van der Waals surface area contributed by atoms with Gasteiger partial charge in [0.05, 0.1) is 0 Å². The van der Waals surface area contributed by atoms with Crippen LogP contribution in [0.15, 0.2) is 18.2 Å². The van der Waals surface area contributed by atoms with Gasteiger partial charge in [-0.2, -0.15) is 0 Å². The van der Waals surface area contributed by atoms with E-state index < -0.39 is 5.38 Å². The first-order chi connectivity index (χ1) is 6.93. The molecular formula is C11H13Cl2NO. The van der Waals surface area contributed by atoms with Gasteiger partial charge in [-0.05, 0) is 30.2 Å². The zero-order chi connectivity index (χ0) is 11.6. The van der Waals surface area contributed by atoms with Gasteiger partial charge in [0.25, 0.3) is 0 Å². The number of amides is 1. The maximum absolute atomic E-state index is 11.6. The Morgan fingerprint density at radius 1 is 1.40 bits per heavy atom. The molecule has 0 aromatic heterocycles. The third-order valence-electron chi connectivity index (χ3n) is 2.16. The van der Waals surface area contributed by atoms with E-state index in [1.807, 2.05) is 6.92 Å². The van der Waals surface area contributed by atoms with Gasteiger partial charge < -0.3 is 4.90 Å². The van der Waals surface area contributed by atoms with Crippen molar-refractivity contribution in [2.45, 2.75) is 12.3 Å². The molecule has 0 N–H and O–H groups in total. The SMILES string of the molecule is Cc1cc(Cl)ccc1C(Cl)C(=O)N(C)C. The number of hydrogen-bond donors (Lipinski definition) is 0. The second-order valence-corrected chi connectivity index (χ2v) is 4.47. The van der Waals surface area contributed by atoms with E-state index in [9.17, 15) is 4.79 Å². The van der Waals surface area contributed by atoms with Gasteiger partial charge in [-0.15, -0.1) is 11.6 Å². The summed E-state index contributed by atoms with van der Waals surface area (Å²) in [6.45, 7) is 1.89. The molecule has 0 bridgehead atoms. The number of alkyl halides is 1. The summed E-state index contributed by atoms with van der Waals surface area (Å²) in [7, 11) is 3.37. The third-order valence-corrected chi connectivity index (χ3v) is 2.82. The summed E-state index contributed by atoms with van der Waals surface area (Å²) in [5, 5.41) is 0.00897. The van der Waals surface area contributed by atoms with E-state index in [1.54, 1.807) is 32.3 Å². The van der Waals surface area contributed by atoms with Crippen LogP contribution in [0, 0.1) is 6.92 Å². The van der Waals surface area contributed by atoms with Crippen molar-refractivity contribution in [2.75, 3.05) is 14.1 Å². The first kappa shape index (κ1) is 12.3. The molecule has 0 radical (unpaired) electrons. The van der Waals surface area contributed by atoms with Crippen LogP contribution in [-0.4, -0.2) is 24.9 Å². The third kappa shape index (κ3) is 2.86. The molecule has 1 aromatic rings. The van der Waals surface area contributed by atoms with E-state index in [0.717, 1.165) is 11.1 Å². The quantitative estimate of drug-likeness (QED) is 0.734. The molecule has 0 aliphatic rings. The van der Waals surface area contributed by atoms with Crippen LogP contribution in [-0.2, 0) is 4.79 Å². The topological polar surface area (TPSA) is 20.3 Å². The van der Waals surface area contributed by atoms with Crippen molar-refractivity contribution in [3.05, 3.63) is 34.3 Å². The van der Waals surface area contributed by atoms with Crippen molar-refractivity contribution in [1.29, 1.82) is 0 Å². The molecule has 0 aliphatic heterocycles. The molecule has 0 saturated carbocycles. The minimum absolute atomic E-state index is 0.123. The van der Waals surface area contributed by atoms with Gasteiger partial charge in [-0.1, -0.05) is 17.7 Å². The molecule has 82 valence electrons. The molecule has 0 saturated heterocycles. The van der Waals surface area contributed by atoms with Gasteiger partial charge in [-0.3, -0.25) is 4.79 Å². The summed E-state index contributed by atoms with van der Waals surface area (Å²) >= 11 is 11.9. The molecule has 1 aromatic carbocycles. The Morgan fingerprint density at radius 3 is 2.47 bits per heavy atom. The maximum atomic E-state index is 11.6. The lowest BCUT2D eigenvalue weighted by molar-refractivity contribution is -0.128. The second kappa shape index (κ2) is 4.86. The predicted molar refractivity (Wildman–Crippen MR) is 63.5 cm³/mol. The summed E-state index contributed by atoms with van der Waals surface area (Å²) < 4.78 is 0. The number of rotatable bonds is 2. The molecule has 15 heavy (non-hydrogen) atoms. The van der Waals surface area contributed by atoms with Crippen molar-refractivity contribution in [3.63, 3.8) is 0 Å². The second-order valence-electron chi connectivity index (χ2n) is 3.60. The normalized spacial score (nSPS) is 12.3. The van der Waals surface area contributed by atoms with Crippen LogP contribution in [0.25, 0.3) is 0 Å². The summed E-state index contributed by atoms with van der Waals surface area (Å²) in [4.78, 5) is 13.1. The number of aryl methyl sites for hydroxylation is 1. The maximum Gasteiger partial charge on any atom is 0.244 e. The minimum atomic E-state index is -0.641. The Kier molecular flexibility index (Phi) is 4.00. The summed E-state index contributed by atoms with van der Waals surface area (Å²) in [5.41, 5.74) is 1.73. The molecule has 0 aliphatic carbocycles. The molecule has 2 nitrogen and oxygen atoms in total. The summed E-state index contributed by atoms with van der Waals surface area (Å²) in [5.74, 6) is -0.123. The lowest BCUT2D eigenvalue weighted by atomic mass is 10.1. The minimum Gasteiger partial charge on any atom is -0.347 e. The first-order valence-electron chi connectivity index (χ1n) is 4.54. The number of carbonyl (C=O) groups excluding carboxylic acids is 1. The van der Waals surface area contributed by atoms with E-state index in [1.165, 1.54) is 4.90 Å². The molecule has 4 heteroatoms. The lowest BCUT2D eigenvalue weighted by Gasteiger charge is -2.17. The highest BCUT2D eigenvalue weighted by atomic mass is 35.5. The molecule has 1 unspecified atom stereocenters. The highest BCUT2D eigenvalue weighted by Crippen LogP contribution is 2.27. The van der Waals surface area contributed by atoms with Gasteiger partial charge in [0, 0.05) is 19.1 Å². The van der Waals surface area contributed by atoms with Gasteiger partial charge >= 0.3 is 0 Å². The van der Waals surface area contributed by atoms with Crippen LogP contribution in [0.5, 0.6) is 0 Å². The van der Waals surface area contributed by atoms with Crippen molar-refractivity contribution < 1.29 is 4.79 Å². The fraction of sp³-hybridized carbons (Fsp3) is 0.364. The van der Waals surface area contributed by atoms with Gasteiger partial charge in [-0.25, -0.2) is 0 Å². The number of likely N-dealkylation sites (N-methyl/N-ethyl adjacent to an activating group) is 1. The van der Waals surface area contributed by atoms with Crippen molar-refractivity contribution in [3.8, 4) is 0 Å². The zero-order valence-electron chi connectivity index (χ0n) is 8.92. The van der Waals surface area contributed by atoms with E-state index in [2.05, 4.69) is 0 Å². The molecular weight excluding hydrogens is 233 g/mol. The molecule has 0 heterocycles. The summed E-state index contributed by atoms with van der Waals surface area (Å²) in [6, 6.07) is 5.33. The Labute approximate surface area is 99.8 Å². The van der Waals surface area contributed by atoms with E-state index in [0.29, 0.717) is 5.02 Å². The largest absolute Gasteiger partial charge is 0.347 e. The van der Waals surface area contributed by atoms with Gasteiger partial charge in [0.15, 0.2) is 0 Å². The molecule has 0 fully saturated rings. The van der Waals surface area contributed by atoms with Crippen molar-refractivity contribution in [2.24, 2.45) is 0 Å². The van der Waals surface area contributed by atoms with Gasteiger partial charge in [0.2, 0.25) is 5.91 Å². The smallest absolute Gasteiger partial charge is 0.244 e. The fourth-order valence-electron chi connectivity index (χ4n) is 1.28. The number of benzene rings is 1. The first-order valence-corrected chi connectivity index (χ1v) is 5.36. The Balaban J connectivity index is 3.01. The van der Waals surface area contributed by atoms with E-state index >= 15 is 0 Å². The predicted octanol–water partition coefficient (Wildman–Crippen LogP) is 3.02. The van der Waals surface area contributed by atoms with Crippen LogP contribution in [0.3, 0.4) is 0 Å². The molecule has 1 amide bonds. The van der Waals surface area contributed by atoms with Crippen LogP contribution < -0.4 is 0 Å². The monoisotopic (exact) mass is 245 g/mol. The van der Waals surface area contributed by atoms with E-state index in [-0.39, 0.29) is 5.91 Å². The summed E-state index contributed by atoms with van der Waals surface area (Å²) in [6.07, 6.45) is 0. The number of halogens is 2. The molecule has 0 spiro atoms. The van der Waals surface area contributed by atoms with E-state index in [4.69, 9.17) is 23.2 Å². The molecule has 1 rings (SSSR count). The number of hydrogen-bond acceptors (Lipinski definition) is 1. The standard InChI is InChI=1S/C11H13Cl2NO/c1-7-6-8(12)4-5-9(7)10(13)11(15)14(2)3/h4-6,10H,1-3H3. The highest BCUT2D eigenvalue weighted by molar-refractivity contribution is 6.32.